The minimum Gasteiger partial charge on any atom is -0.450 e. The van der Waals surface area contributed by atoms with Crippen LogP contribution in [0.15, 0.2) is 30.3 Å². The number of hydrogen-bond acceptors (Lipinski definition) is 2. The Balaban J connectivity index is -0.000000172. The van der Waals surface area contributed by atoms with Crippen LogP contribution in [0.3, 0.4) is 0 Å². The zero-order chi connectivity index (χ0) is 14.3. The van der Waals surface area contributed by atoms with Gasteiger partial charge in [0.05, 0.1) is 0 Å². The largest absolute Gasteiger partial charge is 0.503 e. The molecule has 0 fully saturated rings. The van der Waals surface area contributed by atoms with Gasteiger partial charge in [-0.15, -0.1) is 0 Å². The summed E-state index contributed by atoms with van der Waals surface area (Å²) in [6.07, 6.45) is -3.67. The van der Waals surface area contributed by atoms with Crippen LogP contribution in [0.25, 0.3) is 0 Å². The molecule has 0 atom stereocenters. The quantitative estimate of drug-likeness (QED) is 0.557. The van der Waals surface area contributed by atoms with Gasteiger partial charge in [-0.2, -0.15) is 0 Å². The predicted octanol–water partition coefficient (Wildman–Crippen LogP) is 3.47. The molecule has 0 radical (unpaired) electrons. The van der Waals surface area contributed by atoms with Crippen molar-refractivity contribution in [3.05, 3.63) is 35.9 Å². The molecule has 0 amide bonds. The van der Waals surface area contributed by atoms with E-state index in [0.717, 1.165) is 0 Å². The van der Waals surface area contributed by atoms with Crippen molar-refractivity contribution in [2.45, 2.75) is 20.8 Å². The third kappa shape index (κ3) is 57.4. The summed E-state index contributed by atoms with van der Waals surface area (Å²) < 4.78 is 0. The van der Waals surface area contributed by atoms with Crippen LogP contribution in [0.5, 0.6) is 0 Å². The molecular formula is C11H18O6. The molecule has 0 aliphatic carbocycles. The number of hydrogen-bond donors (Lipinski definition) is 4. The summed E-state index contributed by atoms with van der Waals surface area (Å²) in [5.74, 6) is 0. The summed E-state index contributed by atoms with van der Waals surface area (Å²) >= 11 is 0. The minimum atomic E-state index is -1.83. The van der Waals surface area contributed by atoms with Gasteiger partial charge in [-0.05, 0) is 6.92 Å². The summed E-state index contributed by atoms with van der Waals surface area (Å²) in [4.78, 5) is 17.1. The molecule has 0 aromatic heterocycles. The summed E-state index contributed by atoms with van der Waals surface area (Å²) in [5, 5.41) is 27.9. The molecule has 0 bridgehead atoms. The van der Waals surface area contributed by atoms with Crippen molar-refractivity contribution < 1.29 is 30.0 Å². The predicted molar refractivity (Wildman–Crippen MR) is 63.8 cm³/mol. The van der Waals surface area contributed by atoms with E-state index in [2.05, 4.69) is 19.1 Å². The standard InChI is InChI=1S/C7H8.C2H6.2CH2O3/c1-7-5-3-2-4-6-7;1-2;2*2-1(3)4/h2-6H,1H3;1-2H3;2*(H2,2,3,4). The SMILES string of the molecule is CC.Cc1ccccc1.O=C(O)O.O=C(O)O. The first-order valence-corrected chi connectivity index (χ1v) is 4.71. The fraction of sp³-hybridized carbons (Fsp3) is 0.273. The topological polar surface area (TPSA) is 115 Å². The van der Waals surface area contributed by atoms with E-state index in [1.807, 2.05) is 32.0 Å². The van der Waals surface area contributed by atoms with Crippen molar-refractivity contribution in [2.75, 3.05) is 0 Å². The van der Waals surface area contributed by atoms with E-state index in [1.54, 1.807) is 0 Å². The lowest BCUT2D eigenvalue weighted by Crippen LogP contribution is -1.81. The van der Waals surface area contributed by atoms with Crippen LogP contribution in [0, 0.1) is 6.92 Å². The summed E-state index contributed by atoms with van der Waals surface area (Å²) in [7, 11) is 0. The van der Waals surface area contributed by atoms with Crippen molar-refractivity contribution in [2.24, 2.45) is 0 Å². The molecule has 0 heterocycles. The average Bonchev–Trinajstić information content (AvgIpc) is 2.20. The van der Waals surface area contributed by atoms with Crippen LogP contribution in [0.4, 0.5) is 9.59 Å². The fourth-order valence-corrected chi connectivity index (χ4v) is 0.534. The second kappa shape index (κ2) is 16.2. The molecule has 4 N–H and O–H groups in total. The van der Waals surface area contributed by atoms with Crippen LogP contribution in [0.2, 0.25) is 0 Å². The molecule has 1 rings (SSSR count). The highest BCUT2D eigenvalue weighted by Gasteiger charge is 1.72. The highest BCUT2D eigenvalue weighted by Crippen LogP contribution is 1.92. The Hall–Kier alpha value is -2.24. The van der Waals surface area contributed by atoms with Gasteiger partial charge in [-0.3, -0.25) is 0 Å². The first-order valence-electron chi connectivity index (χ1n) is 4.71. The monoisotopic (exact) mass is 246 g/mol. The lowest BCUT2D eigenvalue weighted by molar-refractivity contribution is 0.135. The second-order valence-corrected chi connectivity index (χ2v) is 2.22. The van der Waals surface area contributed by atoms with Gasteiger partial charge >= 0.3 is 12.3 Å². The van der Waals surface area contributed by atoms with Crippen LogP contribution in [-0.4, -0.2) is 32.7 Å². The minimum absolute atomic E-state index is 1.32. The number of carboxylic acid groups (broad SMARTS) is 4. The van der Waals surface area contributed by atoms with E-state index < -0.39 is 12.3 Å². The summed E-state index contributed by atoms with van der Waals surface area (Å²) in [6.45, 7) is 6.08. The smallest absolute Gasteiger partial charge is 0.450 e. The molecule has 6 nitrogen and oxygen atoms in total. The molecule has 0 unspecified atom stereocenters. The first-order chi connectivity index (χ1) is 7.86. The van der Waals surface area contributed by atoms with E-state index in [9.17, 15) is 0 Å². The van der Waals surface area contributed by atoms with Gasteiger partial charge in [0.25, 0.3) is 0 Å². The molecule has 0 aliphatic heterocycles. The van der Waals surface area contributed by atoms with Gasteiger partial charge in [0.15, 0.2) is 0 Å². The Morgan fingerprint density at radius 1 is 0.824 bits per heavy atom. The van der Waals surface area contributed by atoms with E-state index in [4.69, 9.17) is 30.0 Å². The van der Waals surface area contributed by atoms with E-state index in [1.165, 1.54) is 5.56 Å². The molecular weight excluding hydrogens is 228 g/mol. The van der Waals surface area contributed by atoms with Crippen molar-refractivity contribution in [1.29, 1.82) is 0 Å². The Morgan fingerprint density at radius 3 is 1.18 bits per heavy atom. The van der Waals surface area contributed by atoms with Gasteiger partial charge < -0.3 is 20.4 Å². The molecule has 98 valence electrons. The van der Waals surface area contributed by atoms with Gasteiger partial charge in [0.2, 0.25) is 0 Å². The molecule has 6 heteroatoms. The molecule has 0 spiro atoms. The van der Waals surface area contributed by atoms with E-state index >= 15 is 0 Å². The summed E-state index contributed by atoms with van der Waals surface area (Å²) in [5.41, 5.74) is 1.32. The highest BCUT2D eigenvalue weighted by atomic mass is 16.6. The fourth-order valence-electron chi connectivity index (χ4n) is 0.534. The van der Waals surface area contributed by atoms with Crippen molar-refractivity contribution in [1.82, 2.24) is 0 Å². The van der Waals surface area contributed by atoms with Gasteiger partial charge in [-0.25, -0.2) is 9.59 Å². The van der Waals surface area contributed by atoms with E-state index in [0.29, 0.717) is 0 Å². The first kappa shape index (κ1) is 20.2. The van der Waals surface area contributed by atoms with Gasteiger partial charge in [-0.1, -0.05) is 49.7 Å². The molecule has 0 saturated heterocycles. The van der Waals surface area contributed by atoms with Crippen molar-refractivity contribution >= 4 is 12.3 Å². The van der Waals surface area contributed by atoms with Crippen LogP contribution in [-0.2, 0) is 0 Å². The Morgan fingerprint density at radius 2 is 1.06 bits per heavy atom. The van der Waals surface area contributed by atoms with E-state index in [-0.39, 0.29) is 0 Å². The third-order valence-electron chi connectivity index (χ3n) is 0.940. The number of benzene rings is 1. The maximum atomic E-state index is 8.56. The van der Waals surface area contributed by atoms with Crippen molar-refractivity contribution in [3.63, 3.8) is 0 Å². The number of carbonyl (C=O) groups is 2. The Kier molecular flexibility index (Phi) is 19.3. The zero-order valence-corrected chi connectivity index (χ0v) is 9.99. The molecule has 0 saturated carbocycles. The van der Waals surface area contributed by atoms with Crippen LogP contribution < -0.4 is 0 Å². The highest BCUT2D eigenvalue weighted by molar-refractivity contribution is 5.53. The van der Waals surface area contributed by atoms with Crippen LogP contribution in [0.1, 0.15) is 19.4 Å². The maximum absolute atomic E-state index is 8.56. The number of rotatable bonds is 0. The maximum Gasteiger partial charge on any atom is 0.503 e. The lowest BCUT2D eigenvalue weighted by atomic mass is 10.2. The van der Waals surface area contributed by atoms with Crippen LogP contribution >= 0.6 is 0 Å². The second-order valence-electron chi connectivity index (χ2n) is 2.22. The molecule has 1 aromatic carbocycles. The normalized spacial score (nSPS) is 6.76. The van der Waals surface area contributed by atoms with Gasteiger partial charge in [0, 0.05) is 0 Å². The molecule has 17 heavy (non-hydrogen) atoms. The lowest BCUT2D eigenvalue weighted by Gasteiger charge is -1.82. The van der Waals surface area contributed by atoms with Gasteiger partial charge in [0.1, 0.15) is 0 Å². The Labute approximate surface area is 99.8 Å². The molecule has 1 aromatic rings. The third-order valence-corrected chi connectivity index (χ3v) is 0.940. The summed E-state index contributed by atoms with van der Waals surface area (Å²) in [6, 6.07) is 10.3. The van der Waals surface area contributed by atoms with Crippen molar-refractivity contribution in [3.8, 4) is 0 Å². The number of aryl methyl sites for hydroxylation is 1. The average molecular weight is 246 g/mol. The molecule has 0 aliphatic rings. The zero-order valence-electron chi connectivity index (χ0n) is 9.99. The Bertz CT molecular complexity index is 263.